The van der Waals surface area contributed by atoms with E-state index >= 15 is 0 Å². The standard InChI is InChI=1S/C7H9NO.ClH/c1-6(5-8)7-3-2-4-9-7;/h2-4H,1,5,8H2;1H. The SMILES string of the molecule is C=C(CN)c1ccco1.Cl. The minimum absolute atomic E-state index is 0. The summed E-state index contributed by atoms with van der Waals surface area (Å²) in [5, 5.41) is 0. The zero-order valence-electron chi connectivity index (χ0n) is 5.54. The fourth-order valence-electron chi connectivity index (χ4n) is 0.580. The first-order chi connectivity index (χ1) is 4.34. The van der Waals surface area contributed by atoms with Crippen molar-refractivity contribution in [2.45, 2.75) is 0 Å². The predicted octanol–water partition coefficient (Wildman–Crippen LogP) is 1.67. The summed E-state index contributed by atoms with van der Waals surface area (Å²) in [5.41, 5.74) is 6.14. The van der Waals surface area contributed by atoms with Crippen LogP contribution in [0.3, 0.4) is 0 Å². The van der Waals surface area contributed by atoms with Gasteiger partial charge in [-0.3, -0.25) is 0 Å². The molecule has 0 aliphatic heterocycles. The molecular weight excluding hydrogens is 150 g/mol. The summed E-state index contributed by atoms with van der Waals surface area (Å²) >= 11 is 0. The van der Waals surface area contributed by atoms with Crippen LogP contribution in [0.4, 0.5) is 0 Å². The van der Waals surface area contributed by atoms with E-state index in [9.17, 15) is 0 Å². The van der Waals surface area contributed by atoms with Gasteiger partial charge in [0.2, 0.25) is 0 Å². The van der Waals surface area contributed by atoms with Crippen molar-refractivity contribution >= 4 is 18.0 Å². The van der Waals surface area contributed by atoms with Crippen molar-refractivity contribution in [3.05, 3.63) is 30.7 Å². The summed E-state index contributed by atoms with van der Waals surface area (Å²) in [4.78, 5) is 0. The van der Waals surface area contributed by atoms with Crippen molar-refractivity contribution in [2.75, 3.05) is 6.54 Å². The van der Waals surface area contributed by atoms with E-state index in [-0.39, 0.29) is 12.4 Å². The van der Waals surface area contributed by atoms with E-state index < -0.39 is 0 Å². The fraction of sp³-hybridized carbons (Fsp3) is 0.143. The second kappa shape index (κ2) is 4.14. The van der Waals surface area contributed by atoms with Crippen LogP contribution in [0.2, 0.25) is 0 Å². The molecular formula is C7H10ClNO. The van der Waals surface area contributed by atoms with Crippen LogP contribution in [0, 0.1) is 0 Å². The van der Waals surface area contributed by atoms with Crippen molar-refractivity contribution in [2.24, 2.45) is 5.73 Å². The first-order valence-corrected chi connectivity index (χ1v) is 2.76. The Bertz CT molecular complexity index is 193. The third-order valence-corrected chi connectivity index (χ3v) is 1.12. The molecule has 1 rings (SSSR count). The third kappa shape index (κ3) is 1.90. The van der Waals surface area contributed by atoms with Crippen molar-refractivity contribution in [3.8, 4) is 0 Å². The Morgan fingerprint density at radius 1 is 1.70 bits per heavy atom. The van der Waals surface area contributed by atoms with Crippen LogP contribution in [0.25, 0.3) is 5.57 Å². The van der Waals surface area contributed by atoms with Gasteiger partial charge < -0.3 is 10.2 Å². The highest BCUT2D eigenvalue weighted by Crippen LogP contribution is 2.09. The molecule has 10 heavy (non-hydrogen) atoms. The van der Waals surface area contributed by atoms with E-state index in [2.05, 4.69) is 6.58 Å². The molecule has 0 aromatic carbocycles. The van der Waals surface area contributed by atoms with Gasteiger partial charge in [-0.25, -0.2) is 0 Å². The molecule has 0 atom stereocenters. The fourth-order valence-corrected chi connectivity index (χ4v) is 0.580. The number of hydrogen-bond donors (Lipinski definition) is 1. The summed E-state index contributed by atoms with van der Waals surface area (Å²) < 4.78 is 5.01. The van der Waals surface area contributed by atoms with E-state index in [4.69, 9.17) is 10.2 Å². The molecule has 3 heteroatoms. The Balaban J connectivity index is 0.000000810. The second-order valence-electron chi connectivity index (χ2n) is 1.78. The summed E-state index contributed by atoms with van der Waals surface area (Å²) in [7, 11) is 0. The number of furan rings is 1. The maximum absolute atomic E-state index is 5.30. The third-order valence-electron chi connectivity index (χ3n) is 1.12. The van der Waals surface area contributed by atoms with Gasteiger partial charge in [-0.1, -0.05) is 6.58 Å². The zero-order valence-corrected chi connectivity index (χ0v) is 6.36. The molecule has 0 aliphatic carbocycles. The lowest BCUT2D eigenvalue weighted by Gasteiger charge is -1.93. The molecule has 2 nitrogen and oxygen atoms in total. The summed E-state index contributed by atoms with van der Waals surface area (Å²) in [6.45, 7) is 4.15. The van der Waals surface area contributed by atoms with Crippen LogP contribution in [0.1, 0.15) is 5.76 Å². The Morgan fingerprint density at radius 2 is 2.40 bits per heavy atom. The molecule has 1 heterocycles. The first-order valence-electron chi connectivity index (χ1n) is 2.76. The lowest BCUT2D eigenvalue weighted by molar-refractivity contribution is 0.552. The number of hydrogen-bond acceptors (Lipinski definition) is 2. The maximum atomic E-state index is 5.30. The summed E-state index contributed by atoms with van der Waals surface area (Å²) in [6.07, 6.45) is 1.61. The molecule has 0 amide bonds. The van der Waals surface area contributed by atoms with E-state index in [0.717, 1.165) is 11.3 Å². The average Bonchev–Trinajstić information content (AvgIpc) is 2.37. The van der Waals surface area contributed by atoms with Gasteiger partial charge in [0, 0.05) is 12.1 Å². The molecule has 0 unspecified atom stereocenters. The monoisotopic (exact) mass is 159 g/mol. The Kier molecular flexibility index (Phi) is 3.84. The van der Waals surface area contributed by atoms with E-state index in [1.165, 1.54) is 0 Å². The molecule has 0 bridgehead atoms. The van der Waals surface area contributed by atoms with Crippen LogP contribution in [-0.2, 0) is 0 Å². The van der Waals surface area contributed by atoms with Crippen LogP contribution in [0.5, 0.6) is 0 Å². The van der Waals surface area contributed by atoms with Gasteiger partial charge >= 0.3 is 0 Å². The quantitative estimate of drug-likeness (QED) is 0.713. The van der Waals surface area contributed by atoms with Gasteiger partial charge in [-0.05, 0) is 12.1 Å². The maximum Gasteiger partial charge on any atom is 0.130 e. The van der Waals surface area contributed by atoms with Crippen molar-refractivity contribution in [1.29, 1.82) is 0 Å². The normalized spacial score (nSPS) is 8.50. The highest BCUT2D eigenvalue weighted by molar-refractivity contribution is 5.85. The van der Waals surface area contributed by atoms with Crippen LogP contribution >= 0.6 is 12.4 Å². The van der Waals surface area contributed by atoms with Crippen LogP contribution < -0.4 is 5.73 Å². The number of nitrogens with two attached hydrogens (primary N) is 1. The molecule has 56 valence electrons. The summed E-state index contributed by atoms with van der Waals surface area (Å²) in [6, 6.07) is 3.66. The predicted molar refractivity (Wildman–Crippen MR) is 44.0 cm³/mol. The lowest BCUT2D eigenvalue weighted by Crippen LogP contribution is -1.99. The Labute approximate surface area is 66.1 Å². The van der Waals surface area contributed by atoms with Crippen molar-refractivity contribution in [3.63, 3.8) is 0 Å². The summed E-state index contributed by atoms with van der Waals surface area (Å²) in [5.74, 6) is 0.775. The molecule has 0 spiro atoms. The molecule has 0 saturated heterocycles. The highest BCUT2D eigenvalue weighted by Gasteiger charge is 1.96. The second-order valence-corrected chi connectivity index (χ2v) is 1.78. The van der Waals surface area contributed by atoms with Crippen LogP contribution in [-0.4, -0.2) is 6.54 Å². The Hall–Kier alpha value is -0.730. The van der Waals surface area contributed by atoms with Gasteiger partial charge in [0.05, 0.1) is 6.26 Å². The molecule has 0 aliphatic rings. The average molecular weight is 160 g/mol. The molecule has 0 radical (unpaired) electrons. The van der Waals surface area contributed by atoms with Gasteiger partial charge in [0.1, 0.15) is 5.76 Å². The molecule has 2 N–H and O–H groups in total. The van der Waals surface area contributed by atoms with Crippen molar-refractivity contribution < 1.29 is 4.42 Å². The molecule has 0 saturated carbocycles. The molecule has 0 fully saturated rings. The smallest absolute Gasteiger partial charge is 0.130 e. The number of halogens is 1. The van der Waals surface area contributed by atoms with E-state index in [0.29, 0.717) is 6.54 Å². The van der Waals surface area contributed by atoms with Gasteiger partial charge in [0.25, 0.3) is 0 Å². The first kappa shape index (κ1) is 9.27. The van der Waals surface area contributed by atoms with Gasteiger partial charge in [-0.2, -0.15) is 0 Å². The molecule has 1 aromatic heterocycles. The largest absolute Gasteiger partial charge is 0.465 e. The minimum Gasteiger partial charge on any atom is -0.465 e. The number of rotatable bonds is 2. The topological polar surface area (TPSA) is 39.2 Å². The van der Waals surface area contributed by atoms with Gasteiger partial charge in [-0.15, -0.1) is 12.4 Å². The lowest BCUT2D eigenvalue weighted by atomic mass is 10.2. The molecule has 1 aromatic rings. The zero-order chi connectivity index (χ0) is 6.69. The van der Waals surface area contributed by atoms with E-state index in [1.54, 1.807) is 6.26 Å². The highest BCUT2D eigenvalue weighted by atomic mass is 35.5. The van der Waals surface area contributed by atoms with E-state index in [1.807, 2.05) is 12.1 Å². The van der Waals surface area contributed by atoms with Crippen molar-refractivity contribution in [1.82, 2.24) is 0 Å². The van der Waals surface area contributed by atoms with Crippen LogP contribution in [0.15, 0.2) is 29.4 Å². The Morgan fingerprint density at radius 3 is 2.80 bits per heavy atom. The van der Waals surface area contributed by atoms with Gasteiger partial charge in [0.15, 0.2) is 0 Å². The minimum atomic E-state index is 0.